The van der Waals surface area contributed by atoms with Gasteiger partial charge in [0.25, 0.3) is 5.69 Å². The van der Waals surface area contributed by atoms with Crippen molar-refractivity contribution < 1.29 is 4.92 Å². The lowest BCUT2D eigenvalue weighted by Crippen LogP contribution is -1.91. The first kappa shape index (κ1) is 11.1. The summed E-state index contributed by atoms with van der Waals surface area (Å²) in [7, 11) is 1.86. The van der Waals surface area contributed by atoms with Crippen molar-refractivity contribution in [3.63, 3.8) is 0 Å². The normalized spacial score (nSPS) is 10.9. The Morgan fingerprint density at radius 3 is 2.47 bits per heavy atom. The van der Waals surface area contributed by atoms with E-state index in [2.05, 4.69) is 5.10 Å². The van der Waals surface area contributed by atoms with Gasteiger partial charge in [-0.25, -0.2) is 0 Å². The predicted molar refractivity (Wildman–Crippen MR) is 65.2 cm³/mol. The minimum absolute atomic E-state index is 0.0997. The number of rotatable bonds is 3. The van der Waals surface area contributed by atoms with Crippen LogP contribution >= 0.6 is 0 Å². The number of nitro groups is 1. The zero-order chi connectivity index (χ0) is 12.3. The first-order valence-corrected chi connectivity index (χ1v) is 5.07. The Kier molecular flexibility index (Phi) is 3.00. The van der Waals surface area contributed by atoms with E-state index >= 15 is 0 Å². The molecular formula is C12H11N3O2. The monoisotopic (exact) mass is 229 g/mol. The summed E-state index contributed by atoms with van der Waals surface area (Å²) in [6.07, 6.45) is 5.52. The molecular weight excluding hydrogens is 218 g/mol. The van der Waals surface area contributed by atoms with Crippen LogP contribution in [-0.2, 0) is 7.05 Å². The molecule has 5 heteroatoms. The quantitative estimate of drug-likeness (QED) is 0.600. The lowest BCUT2D eigenvalue weighted by molar-refractivity contribution is -0.384. The molecule has 0 atom stereocenters. The van der Waals surface area contributed by atoms with E-state index in [1.165, 1.54) is 12.1 Å². The van der Waals surface area contributed by atoms with Gasteiger partial charge in [0.1, 0.15) is 0 Å². The minimum Gasteiger partial charge on any atom is -0.269 e. The zero-order valence-corrected chi connectivity index (χ0v) is 9.28. The maximum atomic E-state index is 10.5. The topological polar surface area (TPSA) is 61.0 Å². The first-order valence-electron chi connectivity index (χ1n) is 5.07. The van der Waals surface area contributed by atoms with Crippen molar-refractivity contribution in [2.24, 2.45) is 7.05 Å². The third-order valence-corrected chi connectivity index (χ3v) is 2.41. The summed E-state index contributed by atoms with van der Waals surface area (Å²) in [4.78, 5) is 10.1. The van der Waals surface area contributed by atoms with Gasteiger partial charge in [-0.05, 0) is 29.8 Å². The SMILES string of the molecule is Cn1nccc1/C=C/c1ccc([N+](=O)[O-])cc1. The molecule has 1 aromatic heterocycles. The van der Waals surface area contributed by atoms with Crippen LogP contribution in [0, 0.1) is 10.1 Å². The number of hydrogen-bond donors (Lipinski definition) is 0. The van der Waals surface area contributed by atoms with E-state index in [1.807, 2.05) is 25.3 Å². The highest BCUT2D eigenvalue weighted by Gasteiger charge is 2.02. The van der Waals surface area contributed by atoms with E-state index in [9.17, 15) is 10.1 Å². The Balaban J connectivity index is 2.17. The van der Waals surface area contributed by atoms with E-state index < -0.39 is 4.92 Å². The summed E-state index contributed by atoms with van der Waals surface area (Å²) < 4.78 is 1.75. The van der Waals surface area contributed by atoms with Gasteiger partial charge in [-0.15, -0.1) is 0 Å². The highest BCUT2D eigenvalue weighted by Crippen LogP contribution is 2.14. The van der Waals surface area contributed by atoms with Crippen LogP contribution in [0.4, 0.5) is 5.69 Å². The second-order valence-electron chi connectivity index (χ2n) is 3.56. The molecule has 2 aromatic rings. The molecule has 0 saturated carbocycles. The fraction of sp³-hybridized carbons (Fsp3) is 0.0833. The van der Waals surface area contributed by atoms with Crippen molar-refractivity contribution in [1.29, 1.82) is 0 Å². The van der Waals surface area contributed by atoms with Gasteiger partial charge in [0, 0.05) is 25.4 Å². The molecule has 0 N–H and O–H groups in total. The van der Waals surface area contributed by atoms with E-state index in [0.717, 1.165) is 11.3 Å². The maximum absolute atomic E-state index is 10.5. The fourth-order valence-corrected chi connectivity index (χ4v) is 1.44. The second-order valence-corrected chi connectivity index (χ2v) is 3.56. The van der Waals surface area contributed by atoms with Gasteiger partial charge in [-0.3, -0.25) is 14.8 Å². The van der Waals surface area contributed by atoms with Crippen LogP contribution in [0.3, 0.4) is 0 Å². The smallest absolute Gasteiger partial charge is 0.269 e. The van der Waals surface area contributed by atoms with Crippen LogP contribution in [-0.4, -0.2) is 14.7 Å². The number of non-ortho nitro benzene ring substituents is 1. The highest BCUT2D eigenvalue weighted by molar-refractivity contribution is 5.68. The molecule has 5 nitrogen and oxygen atoms in total. The zero-order valence-electron chi connectivity index (χ0n) is 9.28. The molecule has 0 spiro atoms. The lowest BCUT2D eigenvalue weighted by atomic mass is 10.2. The van der Waals surface area contributed by atoms with Crippen molar-refractivity contribution in [3.8, 4) is 0 Å². The summed E-state index contributed by atoms with van der Waals surface area (Å²) in [6.45, 7) is 0. The fourth-order valence-electron chi connectivity index (χ4n) is 1.44. The Morgan fingerprint density at radius 2 is 1.94 bits per heavy atom. The molecule has 1 heterocycles. The Labute approximate surface area is 98.2 Å². The molecule has 86 valence electrons. The molecule has 0 aliphatic carbocycles. The van der Waals surface area contributed by atoms with Crippen molar-refractivity contribution in [1.82, 2.24) is 9.78 Å². The van der Waals surface area contributed by atoms with E-state index in [1.54, 1.807) is 23.0 Å². The Bertz CT molecular complexity index is 555. The Hall–Kier alpha value is -2.43. The summed E-state index contributed by atoms with van der Waals surface area (Å²) in [5.74, 6) is 0. The summed E-state index contributed by atoms with van der Waals surface area (Å²) in [5, 5.41) is 14.5. The van der Waals surface area contributed by atoms with Crippen molar-refractivity contribution in [3.05, 3.63) is 57.9 Å². The predicted octanol–water partition coefficient (Wildman–Crippen LogP) is 2.50. The van der Waals surface area contributed by atoms with Gasteiger partial charge in [0.2, 0.25) is 0 Å². The van der Waals surface area contributed by atoms with Crippen molar-refractivity contribution >= 4 is 17.8 Å². The van der Waals surface area contributed by atoms with Gasteiger partial charge < -0.3 is 0 Å². The van der Waals surface area contributed by atoms with Gasteiger partial charge >= 0.3 is 0 Å². The number of nitrogens with zero attached hydrogens (tertiary/aromatic N) is 3. The van der Waals surface area contributed by atoms with E-state index in [4.69, 9.17) is 0 Å². The molecule has 0 bridgehead atoms. The summed E-state index contributed by atoms with van der Waals surface area (Å²) in [6, 6.07) is 8.30. The molecule has 0 radical (unpaired) electrons. The van der Waals surface area contributed by atoms with Crippen molar-refractivity contribution in [2.75, 3.05) is 0 Å². The number of benzene rings is 1. The third-order valence-electron chi connectivity index (χ3n) is 2.41. The summed E-state index contributed by atoms with van der Waals surface area (Å²) in [5.41, 5.74) is 1.99. The molecule has 0 fully saturated rings. The second kappa shape index (κ2) is 4.61. The van der Waals surface area contributed by atoms with Gasteiger partial charge in [0.05, 0.1) is 10.6 Å². The van der Waals surface area contributed by atoms with Gasteiger partial charge in [-0.2, -0.15) is 5.10 Å². The molecule has 1 aromatic carbocycles. The lowest BCUT2D eigenvalue weighted by Gasteiger charge is -1.95. The Morgan fingerprint density at radius 1 is 1.24 bits per heavy atom. The largest absolute Gasteiger partial charge is 0.269 e. The maximum Gasteiger partial charge on any atom is 0.269 e. The average Bonchev–Trinajstić information content (AvgIpc) is 2.73. The van der Waals surface area contributed by atoms with Crippen LogP contribution in [0.15, 0.2) is 36.5 Å². The minimum atomic E-state index is -0.408. The molecule has 0 unspecified atom stereocenters. The third kappa shape index (κ3) is 2.57. The number of nitro benzene ring substituents is 1. The van der Waals surface area contributed by atoms with Crippen molar-refractivity contribution in [2.45, 2.75) is 0 Å². The van der Waals surface area contributed by atoms with Gasteiger partial charge in [-0.1, -0.05) is 6.08 Å². The van der Waals surface area contributed by atoms with Crippen LogP contribution < -0.4 is 0 Å². The number of hydrogen-bond acceptors (Lipinski definition) is 3. The van der Waals surface area contributed by atoms with Crippen LogP contribution in [0.1, 0.15) is 11.3 Å². The standard InChI is InChI=1S/C12H11N3O2/c1-14-11(8-9-13-14)5-2-10-3-6-12(7-4-10)15(16)17/h2-9H,1H3/b5-2+. The summed E-state index contributed by atoms with van der Waals surface area (Å²) >= 11 is 0. The number of aromatic nitrogens is 2. The molecule has 0 aliphatic rings. The molecule has 0 saturated heterocycles. The molecule has 0 amide bonds. The number of aryl methyl sites for hydroxylation is 1. The average molecular weight is 229 g/mol. The van der Waals surface area contributed by atoms with Gasteiger partial charge in [0.15, 0.2) is 0 Å². The van der Waals surface area contributed by atoms with E-state index in [0.29, 0.717) is 0 Å². The first-order chi connectivity index (χ1) is 8.16. The van der Waals surface area contributed by atoms with Crippen LogP contribution in [0.2, 0.25) is 0 Å². The highest BCUT2D eigenvalue weighted by atomic mass is 16.6. The van der Waals surface area contributed by atoms with Crippen LogP contribution in [0.25, 0.3) is 12.2 Å². The molecule has 2 rings (SSSR count). The molecule has 17 heavy (non-hydrogen) atoms. The van der Waals surface area contributed by atoms with E-state index in [-0.39, 0.29) is 5.69 Å². The molecule has 0 aliphatic heterocycles. The van der Waals surface area contributed by atoms with Crippen LogP contribution in [0.5, 0.6) is 0 Å².